The van der Waals surface area contributed by atoms with Gasteiger partial charge < -0.3 is 0 Å². The predicted octanol–water partition coefficient (Wildman–Crippen LogP) is 6.11. The lowest BCUT2D eigenvalue weighted by Gasteiger charge is -2.12. The number of alkyl halides is 6. The normalized spacial score (nSPS) is 14.2. The molecule has 0 radical (unpaired) electrons. The number of fused-ring (bicyclic) bond motifs is 1. The molecule has 10 heteroatoms. The van der Waals surface area contributed by atoms with Gasteiger partial charge in [-0.1, -0.05) is 24.0 Å². The lowest BCUT2D eigenvalue weighted by Crippen LogP contribution is -2.13. The third-order valence-electron chi connectivity index (χ3n) is 5.39. The molecule has 3 heterocycles. The smallest absolute Gasteiger partial charge is 0.260 e. The van der Waals surface area contributed by atoms with Crippen molar-refractivity contribution in [2.75, 3.05) is 0 Å². The van der Waals surface area contributed by atoms with Gasteiger partial charge in [0.2, 0.25) is 0 Å². The topological polar surface area (TPSA) is 43.1 Å². The molecule has 0 bridgehead atoms. The van der Waals surface area contributed by atoms with Gasteiger partial charge >= 0.3 is 12.4 Å². The van der Waals surface area contributed by atoms with Crippen molar-refractivity contribution in [3.63, 3.8) is 0 Å². The number of aromatic nitrogens is 4. The summed E-state index contributed by atoms with van der Waals surface area (Å²) < 4.78 is 80.4. The van der Waals surface area contributed by atoms with Crippen LogP contribution in [0.5, 0.6) is 0 Å². The third-order valence-corrected chi connectivity index (χ3v) is 5.39. The van der Waals surface area contributed by atoms with E-state index in [2.05, 4.69) is 26.9 Å². The summed E-state index contributed by atoms with van der Waals surface area (Å²) in [6, 6.07) is 8.17. The molecule has 5 rings (SSSR count). The van der Waals surface area contributed by atoms with Crippen molar-refractivity contribution in [3.05, 3.63) is 82.9 Å². The highest BCUT2D eigenvalue weighted by Gasteiger charge is 2.36. The van der Waals surface area contributed by atoms with Crippen molar-refractivity contribution in [2.45, 2.75) is 31.1 Å². The Bertz CT molecular complexity index is 1420. The molecule has 0 saturated heterocycles. The highest BCUT2D eigenvalue weighted by Crippen LogP contribution is 2.38. The van der Waals surface area contributed by atoms with E-state index in [9.17, 15) is 26.3 Å². The number of halogens is 6. The lowest BCUT2D eigenvalue weighted by atomic mass is 10.1. The van der Waals surface area contributed by atoms with Crippen molar-refractivity contribution in [1.82, 2.24) is 19.6 Å². The van der Waals surface area contributed by atoms with Gasteiger partial charge in [0.25, 0.3) is 0 Å². The molecule has 0 unspecified atom stereocenters. The van der Waals surface area contributed by atoms with Crippen LogP contribution in [0.4, 0.5) is 26.3 Å². The highest BCUT2D eigenvalue weighted by atomic mass is 19.4. The van der Waals surface area contributed by atoms with E-state index < -0.39 is 23.6 Å². The number of benzene rings is 1. The Hall–Kier alpha value is -3.87. The molecule has 1 fully saturated rings. The van der Waals surface area contributed by atoms with Crippen LogP contribution in [0.1, 0.15) is 46.8 Å². The minimum Gasteiger partial charge on any atom is -0.260 e. The van der Waals surface area contributed by atoms with E-state index in [0.29, 0.717) is 16.0 Å². The van der Waals surface area contributed by atoms with Gasteiger partial charge in [0.1, 0.15) is 0 Å². The van der Waals surface area contributed by atoms with Crippen LogP contribution in [-0.4, -0.2) is 19.6 Å². The van der Waals surface area contributed by atoms with Crippen molar-refractivity contribution in [3.8, 4) is 23.1 Å². The molecular formula is C24H14F6N4. The molecular weight excluding hydrogens is 458 g/mol. The molecule has 1 aliphatic carbocycles. The molecule has 3 aromatic heterocycles. The van der Waals surface area contributed by atoms with Crippen LogP contribution in [0.3, 0.4) is 0 Å². The molecule has 1 aliphatic rings. The second kappa shape index (κ2) is 7.87. The number of rotatable bonds is 2. The largest absolute Gasteiger partial charge is 0.433 e. The summed E-state index contributed by atoms with van der Waals surface area (Å²) in [4.78, 5) is 8.59. The average Bonchev–Trinajstić information content (AvgIpc) is 3.56. The van der Waals surface area contributed by atoms with Gasteiger partial charge in [0.05, 0.1) is 23.0 Å². The molecule has 0 N–H and O–H groups in total. The van der Waals surface area contributed by atoms with Gasteiger partial charge in [0, 0.05) is 28.9 Å². The van der Waals surface area contributed by atoms with E-state index >= 15 is 0 Å². The summed E-state index contributed by atoms with van der Waals surface area (Å²) in [6.07, 6.45) is -4.35. The van der Waals surface area contributed by atoms with E-state index in [4.69, 9.17) is 0 Å². The van der Waals surface area contributed by atoms with Crippen LogP contribution < -0.4 is 0 Å². The van der Waals surface area contributed by atoms with Crippen LogP contribution in [0.2, 0.25) is 0 Å². The van der Waals surface area contributed by atoms with Crippen molar-refractivity contribution >= 4 is 5.65 Å². The zero-order valence-electron chi connectivity index (χ0n) is 17.2. The number of hydrogen-bond acceptors (Lipinski definition) is 3. The Morgan fingerprint density at radius 3 is 2.18 bits per heavy atom. The number of nitrogens with zero attached hydrogens (tertiary/aromatic N) is 4. The Balaban J connectivity index is 1.57. The zero-order valence-corrected chi connectivity index (χ0v) is 17.2. The molecule has 4 nitrogen and oxygen atoms in total. The van der Waals surface area contributed by atoms with Crippen LogP contribution in [-0.2, 0) is 12.4 Å². The molecule has 34 heavy (non-hydrogen) atoms. The first-order valence-electron chi connectivity index (χ1n) is 10.2. The Morgan fingerprint density at radius 1 is 0.853 bits per heavy atom. The molecule has 4 aromatic rings. The van der Waals surface area contributed by atoms with Gasteiger partial charge in [-0.3, -0.25) is 4.98 Å². The first-order chi connectivity index (χ1) is 16.1. The molecule has 0 aliphatic heterocycles. The van der Waals surface area contributed by atoms with Crippen LogP contribution >= 0.6 is 0 Å². The van der Waals surface area contributed by atoms with Crippen molar-refractivity contribution in [1.29, 1.82) is 0 Å². The Labute approximate surface area is 189 Å². The summed E-state index contributed by atoms with van der Waals surface area (Å²) in [6.45, 7) is 0. The minimum absolute atomic E-state index is 0.0981. The zero-order chi connectivity index (χ0) is 24.1. The molecule has 172 valence electrons. The quantitative estimate of drug-likeness (QED) is 0.261. The van der Waals surface area contributed by atoms with E-state index in [1.54, 1.807) is 12.3 Å². The fourth-order valence-corrected chi connectivity index (χ4v) is 3.47. The second-order valence-electron chi connectivity index (χ2n) is 7.89. The van der Waals surface area contributed by atoms with E-state index in [0.717, 1.165) is 48.9 Å². The Morgan fingerprint density at radius 2 is 1.59 bits per heavy atom. The Kier molecular flexibility index (Phi) is 5.08. The average molecular weight is 472 g/mol. The predicted molar refractivity (Wildman–Crippen MR) is 111 cm³/mol. The minimum atomic E-state index is -4.78. The highest BCUT2D eigenvalue weighted by molar-refractivity contribution is 5.67. The van der Waals surface area contributed by atoms with Gasteiger partial charge in [0.15, 0.2) is 11.3 Å². The maximum absolute atomic E-state index is 13.7. The summed E-state index contributed by atoms with van der Waals surface area (Å²) in [7, 11) is 0. The summed E-state index contributed by atoms with van der Waals surface area (Å²) in [5.41, 5.74) is -0.516. The fraction of sp³-hybridized carbons (Fsp3) is 0.208. The summed E-state index contributed by atoms with van der Waals surface area (Å²) >= 11 is 0. The lowest BCUT2D eigenvalue weighted by molar-refractivity contribution is -0.142. The summed E-state index contributed by atoms with van der Waals surface area (Å²) in [5, 5.41) is 3.79. The van der Waals surface area contributed by atoms with Crippen LogP contribution in [0.15, 0.2) is 54.9 Å². The second-order valence-corrected chi connectivity index (χ2v) is 7.89. The molecule has 1 aromatic carbocycles. The first-order valence-corrected chi connectivity index (χ1v) is 10.2. The van der Waals surface area contributed by atoms with E-state index in [-0.39, 0.29) is 22.5 Å². The third kappa shape index (κ3) is 4.33. The monoisotopic (exact) mass is 472 g/mol. The molecule has 0 atom stereocenters. The van der Waals surface area contributed by atoms with Crippen molar-refractivity contribution in [2.24, 2.45) is 0 Å². The first kappa shape index (κ1) is 21.9. The number of pyridine rings is 1. The van der Waals surface area contributed by atoms with Gasteiger partial charge in [-0.2, -0.15) is 31.4 Å². The van der Waals surface area contributed by atoms with Crippen molar-refractivity contribution < 1.29 is 26.3 Å². The SMILES string of the molecule is FC(F)(F)c1ccc(-c2cc(C(F)(F)F)n3ncc(C#Cc4ccc(C5CC5)nc4)c3n2)cc1. The molecule has 0 spiro atoms. The molecule has 1 saturated carbocycles. The van der Waals surface area contributed by atoms with Crippen LogP contribution in [0.25, 0.3) is 16.9 Å². The maximum Gasteiger partial charge on any atom is 0.433 e. The van der Waals surface area contributed by atoms with Gasteiger partial charge in [-0.05, 0) is 43.2 Å². The van der Waals surface area contributed by atoms with E-state index in [1.807, 2.05) is 6.07 Å². The van der Waals surface area contributed by atoms with Gasteiger partial charge in [-0.15, -0.1) is 0 Å². The fourth-order valence-electron chi connectivity index (χ4n) is 3.47. The van der Waals surface area contributed by atoms with Crippen LogP contribution in [0, 0.1) is 11.8 Å². The standard InChI is InChI=1S/C24H14F6N4/c25-23(26,27)18-8-6-16(7-9-18)20-11-21(24(28,29)30)34-22(33-20)17(13-32-34)3-1-14-2-10-19(31-12-14)15-4-5-15/h2,6-13,15H,4-5H2. The number of hydrogen-bond donors (Lipinski definition) is 0. The maximum atomic E-state index is 13.7. The van der Waals surface area contributed by atoms with E-state index in [1.165, 1.54) is 6.20 Å². The molecule has 0 amide bonds. The van der Waals surface area contributed by atoms with Gasteiger partial charge in [-0.25, -0.2) is 9.50 Å². The summed E-state index contributed by atoms with van der Waals surface area (Å²) in [5.74, 6) is 6.12.